The first-order valence-electron chi connectivity index (χ1n) is 5.57. The Morgan fingerprint density at radius 2 is 2.32 bits per heavy atom. The van der Waals surface area contributed by atoms with Crippen molar-refractivity contribution >= 4 is 28.6 Å². The van der Waals surface area contributed by atoms with Crippen molar-refractivity contribution in [3.05, 3.63) is 39.0 Å². The standard InChI is InChI=1S/C12H11IN2O4/c1-2-11-14-10(15-19-11)6-18-9-5-7(12(16)17)3-4-8(9)13/h3-5H,2,6H2,1H3,(H,16,17). The topological polar surface area (TPSA) is 85.5 Å². The van der Waals surface area contributed by atoms with Crippen LogP contribution in [-0.2, 0) is 13.0 Å². The van der Waals surface area contributed by atoms with Gasteiger partial charge in [0.1, 0.15) is 5.75 Å². The summed E-state index contributed by atoms with van der Waals surface area (Å²) in [5.74, 6) is 0.485. The number of carboxylic acids is 1. The molecule has 2 rings (SSSR count). The van der Waals surface area contributed by atoms with Crippen LogP contribution in [0.1, 0.15) is 29.0 Å². The third kappa shape index (κ3) is 3.43. The van der Waals surface area contributed by atoms with E-state index in [2.05, 4.69) is 32.7 Å². The van der Waals surface area contributed by atoms with Crippen molar-refractivity contribution in [2.45, 2.75) is 20.0 Å². The van der Waals surface area contributed by atoms with Crippen LogP contribution in [0.5, 0.6) is 5.75 Å². The van der Waals surface area contributed by atoms with Gasteiger partial charge in [-0.05, 0) is 40.8 Å². The Balaban J connectivity index is 2.10. The zero-order chi connectivity index (χ0) is 13.8. The maximum Gasteiger partial charge on any atom is 0.335 e. The van der Waals surface area contributed by atoms with E-state index in [1.165, 1.54) is 12.1 Å². The minimum atomic E-state index is -0.992. The Labute approximate surface area is 122 Å². The number of benzene rings is 1. The smallest absolute Gasteiger partial charge is 0.335 e. The van der Waals surface area contributed by atoms with Crippen molar-refractivity contribution in [3.63, 3.8) is 0 Å². The fourth-order valence-electron chi connectivity index (χ4n) is 1.38. The van der Waals surface area contributed by atoms with Gasteiger partial charge in [-0.15, -0.1) is 0 Å². The van der Waals surface area contributed by atoms with E-state index in [4.69, 9.17) is 14.4 Å². The average Bonchev–Trinajstić information content (AvgIpc) is 2.85. The highest BCUT2D eigenvalue weighted by Gasteiger charge is 2.10. The predicted octanol–water partition coefficient (Wildman–Crippen LogP) is 2.51. The fraction of sp³-hybridized carbons (Fsp3) is 0.250. The van der Waals surface area contributed by atoms with Crippen molar-refractivity contribution < 1.29 is 19.2 Å². The lowest BCUT2D eigenvalue weighted by Crippen LogP contribution is -2.02. The molecule has 1 heterocycles. The van der Waals surface area contributed by atoms with Crippen LogP contribution in [-0.4, -0.2) is 21.2 Å². The number of carboxylic acid groups (broad SMARTS) is 1. The molecule has 1 aromatic carbocycles. The molecular weight excluding hydrogens is 363 g/mol. The minimum absolute atomic E-state index is 0.141. The summed E-state index contributed by atoms with van der Waals surface area (Å²) in [6.45, 7) is 2.06. The summed E-state index contributed by atoms with van der Waals surface area (Å²) >= 11 is 2.07. The second kappa shape index (κ2) is 6.00. The van der Waals surface area contributed by atoms with Crippen molar-refractivity contribution in [3.8, 4) is 5.75 Å². The normalized spacial score (nSPS) is 10.4. The zero-order valence-corrected chi connectivity index (χ0v) is 12.2. The van der Waals surface area contributed by atoms with Gasteiger partial charge in [-0.2, -0.15) is 4.98 Å². The molecule has 0 aliphatic heterocycles. The first-order chi connectivity index (χ1) is 9.10. The minimum Gasteiger partial charge on any atom is -0.484 e. The average molecular weight is 374 g/mol. The van der Waals surface area contributed by atoms with E-state index in [0.29, 0.717) is 23.9 Å². The largest absolute Gasteiger partial charge is 0.484 e. The van der Waals surface area contributed by atoms with Gasteiger partial charge in [0.05, 0.1) is 9.13 Å². The second-order valence-electron chi connectivity index (χ2n) is 3.70. The molecule has 0 unspecified atom stereocenters. The Hall–Kier alpha value is -1.64. The molecule has 0 bridgehead atoms. The number of aromatic nitrogens is 2. The van der Waals surface area contributed by atoms with Gasteiger partial charge in [-0.25, -0.2) is 4.79 Å². The second-order valence-corrected chi connectivity index (χ2v) is 4.86. The third-order valence-electron chi connectivity index (χ3n) is 2.35. The molecule has 19 heavy (non-hydrogen) atoms. The van der Waals surface area contributed by atoms with Gasteiger partial charge in [0.2, 0.25) is 11.7 Å². The Kier molecular flexibility index (Phi) is 4.35. The third-order valence-corrected chi connectivity index (χ3v) is 3.24. The maximum atomic E-state index is 10.9. The number of nitrogens with zero attached hydrogens (tertiary/aromatic N) is 2. The lowest BCUT2D eigenvalue weighted by atomic mass is 10.2. The first kappa shape index (κ1) is 13.8. The molecular formula is C12H11IN2O4. The Bertz CT molecular complexity index is 597. The van der Waals surface area contributed by atoms with E-state index >= 15 is 0 Å². The molecule has 0 saturated carbocycles. The van der Waals surface area contributed by atoms with Gasteiger partial charge in [-0.3, -0.25) is 0 Å². The highest BCUT2D eigenvalue weighted by atomic mass is 127. The molecule has 1 N–H and O–H groups in total. The van der Waals surface area contributed by atoms with Crippen molar-refractivity contribution in [1.29, 1.82) is 0 Å². The van der Waals surface area contributed by atoms with Crippen LogP contribution in [0.25, 0.3) is 0 Å². The van der Waals surface area contributed by atoms with Crippen LogP contribution in [0.2, 0.25) is 0 Å². The molecule has 6 nitrogen and oxygen atoms in total. The van der Waals surface area contributed by atoms with Crippen molar-refractivity contribution in [2.24, 2.45) is 0 Å². The molecule has 0 atom stereocenters. The van der Waals surface area contributed by atoms with Crippen LogP contribution in [0.3, 0.4) is 0 Å². The molecule has 2 aromatic rings. The fourth-order valence-corrected chi connectivity index (χ4v) is 1.87. The van der Waals surface area contributed by atoms with Gasteiger partial charge in [0.15, 0.2) is 6.61 Å². The summed E-state index contributed by atoms with van der Waals surface area (Å²) in [7, 11) is 0. The summed E-state index contributed by atoms with van der Waals surface area (Å²) in [5.41, 5.74) is 0.178. The number of rotatable bonds is 5. The van der Waals surface area contributed by atoms with E-state index in [9.17, 15) is 4.79 Å². The lowest BCUT2D eigenvalue weighted by Gasteiger charge is -2.06. The number of ether oxygens (including phenoxy) is 1. The van der Waals surface area contributed by atoms with Crippen LogP contribution < -0.4 is 4.74 Å². The van der Waals surface area contributed by atoms with Gasteiger partial charge < -0.3 is 14.4 Å². The molecule has 0 radical (unpaired) electrons. The maximum absolute atomic E-state index is 10.9. The number of halogens is 1. The summed E-state index contributed by atoms with van der Waals surface area (Å²) in [5, 5.41) is 12.7. The molecule has 0 spiro atoms. The first-order valence-corrected chi connectivity index (χ1v) is 6.65. The number of hydrogen-bond acceptors (Lipinski definition) is 5. The molecule has 1 aromatic heterocycles. The SMILES string of the molecule is CCc1nc(COc2cc(C(=O)O)ccc2I)no1. The van der Waals surface area contributed by atoms with Crippen LogP contribution in [0.4, 0.5) is 0 Å². The van der Waals surface area contributed by atoms with E-state index < -0.39 is 5.97 Å². The Morgan fingerprint density at radius 3 is 2.95 bits per heavy atom. The van der Waals surface area contributed by atoms with E-state index in [0.717, 1.165) is 3.57 Å². The number of aromatic carboxylic acids is 1. The highest BCUT2D eigenvalue weighted by molar-refractivity contribution is 14.1. The quantitative estimate of drug-likeness (QED) is 0.810. The van der Waals surface area contributed by atoms with E-state index in [1.54, 1.807) is 6.07 Å². The number of hydrogen-bond donors (Lipinski definition) is 1. The summed E-state index contributed by atoms with van der Waals surface area (Å²) < 4.78 is 11.3. The number of aryl methyl sites for hydroxylation is 1. The van der Waals surface area contributed by atoms with Gasteiger partial charge >= 0.3 is 5.97 Å². The number of carbonyl (C=O) groups is 1. The molecule has 0 saturated heterocycles. The Morgan fingerprint density at radius 1 is 1.53 bits per heavy atom. The molecule has 7 heteroatoms. The monoisotopic (exact) mass is 374 g/mol. The highest BCUT2D eigenvalue weighted by Crippen LogP contribution is 2.23. The van der Waals surface area contributed by atoms with Gasteiger partial charge in [0, 0.05) is 6.42 Å². The van der Waals surface area contributed by atoms with E-state index in [1.807, 2.05) is 6.92 Å². The van der Waals surface area contributed by atoms with Crippen LogP contribution >= 0.6 is 22.6 Å². The van der Waals surface area contributed by atoms with Crippen LogP contribution in [0.15, 0.2) is 22.7 Å². The molecule has 100 valence electrons. The molecule has 0 fully saturated rings. The molecule has 0 amide bonds. The van der Waals surface area contributed by atoms with Crippen molar-refractivity contribution in [2.75, 3.05) is 0 Å². The van der Waals surface area contributed by atoms with Crippen LogP contribution in [0, 0.1) is 3.57 Å². The van der Waals surface area contributed by atoms with Gasteiger partial charge in [0.25, 0.3) is 0 Å². The van der Waals surface area contributed by atoms with E-state index in [-0.39, 0.29) is 12.2 Å². The molecule has 0 aliphatic rings. The lowest BCUT2D eigenvalue weighted by molar-refractivity contribution is 0.0696. The van der Waals surface area contributed by atoms with Gasteiger partial charge in [-0.1, -0.05) is 12.1 Å². The summed E-state index contributed by atoms with van der Waals surface area (Å²) in [6.07, 6.45) is 0.666. The predicted molar refractivity (Wildman–Crippen MR) is 74.1 cm³/mol. The van der Waals surface area contributed by atoms with Crippen molar-refractivity contribution in [1.82, 2.24) is 10.1 Å². The summed E-state index contributed by atoms with van der Waals surface area (Å²) in [4.78, 5) is 15.0. The molecule has 0 aliphatic carbocycles. The summed E-state index contributed by atoms with van der Waals surface area (Å²) in [6, 6.07) is 4.69. The zero-order valence-electron chi connectivity index (χ0n) is 10.1.